The average molecular weight is 427 g/mol. The minimum Gasteiger partial charge on any atom is -0.490 e. The van der Waals surface area contributed by atoms with Gasteiger partial charge in [-0.2, -0.15) is 0 Å². The molecule has 0 atom stereocenters. The van der Waals surface area contributed by atoms with Crippen LogP contribution in [0.4, 0.5) is 5.82 Å². The lowest BCUT2D eigenvalue weighted by Gasteiger charge is -2.33. The Kier molecular flexibility index (Phi) is 8.53. The summed E-state index contributed by atoms with van der Waals surface area (Å²) in [5.41, 5.74) is 1.52. The lowest BCUT2D eigenvalue weighted by molar-refractivity contribution is 0.0950. The maximum atomic E-state index is 12.7. The Morgan fingerprint density at radius 1 is 1.00 bits per heavy atom. The zero-order valence-electron chi connectivity index (χ0n) is 18.9. The Bertz CT molecular complexity index is 833. The van der Waals surface area contributed by atoms with Crippen LogP contribution in [0, 0.1) is 0 Å². The zero-order valence-corrected chi connectivity index (χ0v) is 18.9. The molecule has 0 unspecified atom stereocenters. The molecular formula is C24H34N4O3. The highest BCUT2D eigenvalue weighted by Gasteiger charge is 2.15. The number of piperazine rings is 1. The third kappa shape index (κ3) is 6.59. The lowest BCUT2D eigenvalue weighted by Crippen LogP contribution is -2.44. The third-order valence-corrected chi connectivity index (χ3v) is 5.22. The van der Waals surface area contributed by atoms with Gasteiger partial charge in [0.05, 0.1) is 13.2 Å². The predicted molar refractivity (Wildman–Crippen MR) is 123 cm³/mol. The van der Waals surface area contributed by atoms with E-state index < -0.39 is 0 Å². The van der Waals surface area contributed by atoms with Crippen LogP contribution in [-0.2, 0) is 6.54 Å². The van der Waals surface area contributed by atoms with Gasteiger partial charge in [-0.3, -0.25) is 4.79 Å². The summed E-state index contributed by atoms with van der Waals surface area (Å²) >= 11 is 0. The van der Waals surface area contributed by atoms with Crippen LogP contribution in [0.15, 0.2) is 36.5 Å². The van der Waals surface area contributed by atoms with Gasteiger partial charge in [-0.25, -0.2) is 4.98 Å². The molecule has 0 spiro atoms. The quantitative estimate of drug-likeness (QED) is 0.629. The van der Waals surface area contributed by atoms with E-state index in [1.165, 1.54) is 0 Å². The van der Waals surface area contributed by atoms with Gasteiger partial charge in [-0.05, 0) is 49.7 Å². The molecule has 0 bridgehead atoms. The molecule has 0 radical (unpaired) electrons. The summed E-state index contributed by atoms with van der Waals surface area (Å²) in [6.07, 6.45) is 3.64. The number of carbonyl (C=O) groups excluding carboxylic acids is 1. The van der Waals surface area contributed by atoms with Crippen molar-refractivity contribution in [3.05, 3.63) is 47.7 Å². The highest BCUT2D eigenvalue weighted by Crippen LogP contribution is 2.29. The summed E-state index contributed by atoms with van der Waals surface area (Å²) in [4.78, 5) is 21.9. The highest BCUT2D eigenvalue weighted by molar-refractivity contribution is 5.94. The van der Waals surface area contributed by atoms with Gasteiger partial charge in [0.15, 0.2) is 11.5 Å². The van der Waals surface area contributed by atoms with Gasteiger partial charge in [0, 0.05) is 44.5 Å². The van der Waals surface area contributed by atoms with Crippen LogP contribution in [0.2, 0.25) is 0 Å². The molecule has 2 heterocycles. The first-order chi connectivity index (χ1) is 15.1. The molecule has 1 aromatic heterocycles. The van der Waals surface area contributed by atoms with Gasteiger partial charge in [0.1, 0.15) is 5.82 Å². The first-order valence-corrected chi connectivity index (χ1v) is 11.2. The van der Waals surface area contributed by atoms with E-state index in [2.05, 4.69) is 34.1 Å². The summed E-state index contributed by atoms with van der Waals surface area (Å²) in [5.74, 6) is 2.13. The number of rotatable bonds is 10. The zero-order chi connectivity index (χ0) is 22.1. The summed E-state index contributed by atoms with van der Waals surface area (Å²) < 4.78 is 11.5. The molecule has 7 heteroatoms. The van der Waals surface area contributed by atoms with Crippen molar-refractivity contribution in [2.75, 3.05) is 51.3 Å². The highest BCUT2D eigenvalue weighted by atomic mass is 16.5. The molecule has 7 nitrogen and oxygen atoms in total. The Morgan fingerprint density at radius 2 is 1.71 bits per heavy atom. The second kappa shape index (κ2) is 11.6. The molecule has 0 saturated carbocycles. The van der Waals surface area contributed by atoms with E-state index in [0.717, 1.165) is 50.4 Å². The van der Waals surface area contributed by atoms with Crippen molar-refractivity contribution in [2.24, 2.45) is 0 Å². The van der Waals surface area contributed by atoms with Crippen molar-refractivity contribution in [3.63, 3.8) is 0 Å². The maximum Gasteiger partial charge on any atom is 0.251 e. The van der Waals surface area contributed by atoms with Crippen LogP contribution in [0.1, 0.15) is 42.6 Å². The summed E-state index contributed by atoms with van der Waals surface area (Å²) in [6.45, 7) is 9.79. The number of nitrogens with one attached hydrogen (secondary N) is 1. The summed E-state index contributed by atoms with van der Waals surface area (Å²) in [6, 6.07) is 9.39. The maximum absolute atomic E-state index is 12.7. The van der Waals surface area contributed by atoms with Crippen LogP contribution in [0.5, 0.6) is 11.5 Å². The first-order valence-electron chi connectivity index (χ1n) is 11.2. The predicted octanol–water partition coefficient (Wildman–Crippen LogP) is 3.34. The number of likely N-dealkylation sites (N-methyl/N-ethyl adjacent to an activating group) is 1. The fourth-order valence-corrected chi connectivity index (χ4v) is 3.33. The van der Waals surface area contributed by atoms with E-state index in [9.17, 15) is 4.79 Å². The van der Waals surface area contributed by atoms with Crippen LogP contribution in [0.3, 0.4) is 0 Å². The molecule has 2 aromatic rings. The van der Waals surface area contributed by atoms with E-state index >= 15 is 0 Å². The van der Waals surface area contributed by atoms with E-state index in [1.807, 2.05) is 31.3 Å². The van der Waals surface area contributed by atoms with Crippen molar-refractivity contribution in [3.8, 4) is 11.5 Å². The van der Waals surface area contributed by atoms with Gasteiger partial charge < -0.3 is 24.6 Å². The Labute approximate surface area is 185 Å². The van der Waals surface area contributed by atoms with Crippen LogP contribution in [0.25, 0.3) is 0 Å². The minimum absolute atomic E-state index is 0.147. The summed E-state index contributed by atoms with van der Waals surface area (Å²) in [5, 5.41) is 2.97. The SMILES string of the molecule is CCCOc1ccc(C(=O)NCc2ccc(N3CCN(C)CC3)nc2)cc1OCCC. The van der Waals surface area contributed by atoms with Crippen molar-refractivity contribution in [1.29, 1.82) is 0 Å². The minimum atomic E-state index is -0.147. The Morgan fingerprint density at radius 3 is 2.35 bits per heavy atom. The number of ether oxygens (including phenoxy) is 2. The van der Waals surface area contributed by atoms with Gasteiger partial charge >= 0.3 is 0 Å². The molecule has 1 aliphatic rings. The molecule has 1 aliphatic heterocycles. The van der Waals surface area contributed by atoms with Crippen molar-refractivity contribution in [2.45, 2.75) is 33.2 Å². The fourth-order valence-electron chi connectivity index (χ4n) is 3.33. The number of anilines is 1. The van der Waals surface area contributed by atoms with Gasteiger partial charge in [-0.15, -0.1) is 0 Å². The topological polar surface area (TPSA) is 66.9 Å². The van der Waals surface area contributed by atoms with E-state index in [1.54, 1.807) is 12.1 Å². The second-order valence-electron chi connectivity index (χ2n) is 7.86. The van der Waals surface area contributed by atoms with Crippen molar-refractivity contribution in [1.82, 2.24) is 15.2 Å². The van der Waals surface area contributed by atoms with E-state index in [-0.39, 0.29) is 5.91 Å². The monoisotopic (exact) mass is 426 g/mol. The molecule has 1 amide bonds. The van der Waals surface area contributed by atoms with Crippen molar-refractivity contribution >= 4 is 11.7 Å². The number of pyridine rings is 1. The normalized spacial score (nSPS) is 14.4. The molecule has 3 rings (SSSR count). The Balaban J connectivity index is 1.58. The van der Waals surface area contributed by atoms with E-state index in [0.29, 0.717) is 36.8 Å². The number of benzene rings is 1. The molecular weight excluding hydrogens is 392 g/mol. The lowest BCUT2D eigenvalue weighted by atomic mass is 10.1. The van der Waals surface area contributed by atoms with Gasteiger partial charge in [0.2, 0.25) is 0 Å². The molecule has 1 saturated heterocycles. The standard InChI is InChI=1S/C24H34N4O3/c1-4-14-30-21-8-7-20(16-22(21)31-15-5-2)24(29)26-18-19-6-9-23(25-17-19)28-12-10-27(3)11-13-28/h6-9,16-17H,4-5,10-15,18H2,1-3H3,(H,26,29). The van der Waals surface area contributed by atoms with Crippen LogP contribution < -0.4 is 19.7 Å². The molecule has 31 heavy (non-hydrogen) atoms. The van der Waals surface area contributed by atoms with E-state index in [4.69, 9.17) is 9.47 Å². The second-order valence-corrected chi connectivity index (χ2v) is 7.86. The molecule has 0 aliphatic carbocycles. The number of nitrogens with zero attached hydrogens (tertiary/aromatic N) is 3. The number of aromatic nitrogens is 1. The van der Waals surface area contributed by atoms with Crippen LogP contribution >= 0.6 is 0 Å². The number of amides is 1. The molecule has 1 aromatic carbocycles. The molecule has 1 fully saturated rings. The third-order valence-electron chi connectivity index (χ3n) is 5.22. The molecule has 1 N–H and O–H groups in total. The average Bonchev–Trinajstić information content (AvgIpc) is 2.81. The van der Waals surface area contributed by atoms with Gasteiger partial charge in [0.25, 0.3) is 5.91 Å². The number of hydrogen-bond acceptors (Lipinski definition) is 6. The number of carbonyl (C=O) groups is 1. The fraction of sp³-hybridized carbons (Fsp3) is 0.500. The Hall–Kier alpha value is -2.80. The largest absolute Gasteiger partial charge is 0.490 e. The first kappa shape index (κ1) is 22.9. The number of hydrogen-bond donors (Lipinski definition) is 1. The smallest absolute Gasteiger partial charge is 0.251 e. The molecule has 168 valence electrons. The van der Waals surface area contributed by atoms with Gasteiger partial charge in [-0.1, -0.05) is 19.9 Å². The van der Waals surface area contributed by atoms with Crippen LogP contribution in [-0.4, -0.2) is 62.2 Å². The van der Waals surface area contributed by atoms with Crippen molar-refractivity contribution < 1.29 is 14.3 Å². The summed E-state index contributed by atoms with van der Waals surface area (Å²) in [7, 11) is 2.14.